The predicted molar refractivity (Wildman–Crippen MR) is 82.2 cm³/mol. The Morgan fingerprint density at radius 1 is 1.23 bits per heavy atom. The molecule has 0 aromatic heterocycles. The number of carbonyl (C=O) groups is 1. The van der Waals surface area contributed by atoms with E-state index < -0.39 is 5.82 Å². The minimum atomic E-state index is -0.483. The van der Waals surface area contributed by atoms with Crippen molar-refractivity contribution >= 4 is 17.5 Å². The Kier molecular flexibility index (Phi) is 5.61. The highest BCUT2D eigenvalue weighted by Gasteiger charge is 2.10. The first kappa shape index (κ1) is 16.1. The number of benzene rings is 2. The molecule has 0 fully saturated rings. The van der Waals surface area contributed by atoms with Crippen molar-refractivity contribution in [1.29, 1.82) is 0 Å². The van der Waals surface area contributed by atoms with Crippen molar-refractivity contribution < 1.29 is 18.7 Å². The standard InChI is InChI=1S/C16H15ClFNO3/c1-21-12-3-2-4-13(10-12)22-8-7-19-16(20)14-6-5-11(18)9-15(14)17/h2-6,9-10H,7-8H2,1H3,(H,19,20). The number of carbonyl (C=O) groups excluding carboxylic acids is 1. The van der Waals surface area contributed by atoms with Crippen molar-refractivity contribution in [3.05, 3.63) is 58.9 Å². The number of nitrogens with one attached hydrogen (secondary N) is 1. The summed E-state index contributed by atoms with van der Waals surface area (Å²) >= 11 is 5.82. The van der Waals surface area contributed by atoms with Crippen LogP contribution < -0.4 is 14.8 Å². The molecule has 0 unspecified atom stereocenters. The topological polar surface area (TPSA) is 47.6 Å². The number of halogens is 2. The van der Waals surface area contributed by atoms with Crippen LogP contribution in [0.1, 0.15) is 10.4 Å². The Hall–Kier alpha value is -2.27. The van der Waals surface area contributed by atoms with E-state index in [1.165, 1.54) is 12.1 Å². The third-order valence-electron chi connectivity index (χ3n) is 2.87. The summed E-state index contributed by atoms with van der Waals surface area (Å²) in [6.07, 6.45) is 0. The van der Waals surface area contributed by atoms with Crippen molar-refractivity contribution in [2.24, 2.45) is 0 Å². The highest BCUT2D eigenvalue weighted by atomic mass is 35.5. The summed E-state index contributed by atoms with van der Waals surface area (Å²) in [5.74, 6) is 0.482. The second-order valence-electron chi connectivity index (χ2n) is 4.41. The largest absolute Gasteiger partial charge is 0.497 e. The van der Waals surface area contributed by atoms with E-state index in [1.807, 2.05) is 12.1 Å². The van der Waals surface area contributed by atoms with Gasteiger partial charge in [0.1, 0.15) is 23.9 Å². The van der Waals surface area contributed by atoms with Gasteiger partial charge in [-0.05, 0) is 30.3 Å². The second kappa shape index (κ2) is 7.66. The first-order valence-electron chi connectivity index (χ1n) is 6.60. The molecule has 1 N–H and O–H groups in total. The molecule has 0 bridgehead atoms. The van der Waals surface area contributed by atoms with Crippen LogP contribution in [0, 0.1) is 5.82 Å². The maximum absolute atomic E-state index is 12.9. The number of hydrogen-bond acceptors (Lipinski definition) is 3. The summed E-state index contributed by atoms with van der Waals surface area (Å²) in [7, 11) is 1.58. The fourth-order valence-electron chi connectivity index (χ4n) is 1.79. The summed E-state index contributed by atoms with van der Waals surface area (Å²) in [5.41, 5.74) is 0.226. The minimum absolute atomic E-state index is 0.0752. The van der Waals surface area contributed by atoms with Gasteiger partial charge in [-0.2, -0.15) is 0 Å². The smallest absolute Gasteiger partial charge is 0.252 e. The van der Waals surface area contributed by atoms with Crippen LogP contribution in [0.25, 0.3) is 0 Å². The zero-order valence-electron chi connectivity index (χ0n) is 11.9. The van der Waals surface area contributed by atoms with Crippen molar-refractivity contribution in [3.63, 3.8) is 0 Å². The van der Waals surface area contributed by atoms with Gasteiger partial charge in [0.15, 0.2) is 0 Å². The third-order valence-corrected chi connectivity index (χ3v) is 3.19. The highest BCUT2D eigenvalue weighted by Crippen LogP contribution is 2.19. The van der Waals surface area contributed by atoms with Gasteiger partial charge in [-0.3, -0.25) is 4.79 Å². The number of methoxy groups -OCH3 is 1. The maximum Gasteiger partial charge on any atom is 0.252 e. The molecule has 2 rings (SSSR count). The van der Waals surface area contributed by atoms with Crippen LogP contribution in [0.15, 0.2) is 42.5 Å². The van der Waals surface area contributed by atoms with Gasteiger partial charge in [-0.25, -0.2) is 4.39 Å². The van der Waals surface area contributed by atoms with Crippen molar-refractivity contribution in [2.45, 2.75) is 0 Å². The van der Waals surface area contributed by atoms with Crippen molar-refractivity contribution in [3.8, 4) is 11.5 Å². The minimum Gasteiger partial charge on any atom is -0.497 e. The lowest BCUT2D eigenvalue weighted by molar-refractivity contribution is 0.0947. The fourth-order valence-corrected chi connectivity index (χ4v) is 2.05. The zero-order chi connectivity index (χ0) is 15.9. The van der Waals surface area contributed by atoms with Gasteiger partial charge in [0.25, 0.3) is 5.91 Å². The number of rotatable bonds is 6. The predicted octanol–water partition coefficient (Wildman–Crippen LogP) is 3.30. The average molecular weight is 324 g/mol. The summed E-state index contributed by atoms with van der Waals surface area (Å²) in [6.45, 7) is 0.585. The van der Waals surface area contributed by atoms with E-state index in [1.54, 1.807) is 19.2 Å². The van der Waals surface area contributed by atoms with E-state index in [0.29, 0.717) is 18.0 Å². The first-order valence-corrected chi connectivity index (χ1v) is 6.98. The Balaban J connectivity index is 1.82. The molecule has 6 heteroatoms. The van der Waals surface area contributed by atoms with E-state index in [0.717, 1.165) is 6.07 Å². The molecule has 1 amide bonds. The number of ether oxygens (including phenoxy) is 2. The van der Waals surface area contributed by atoms with Crippen molar-refractivity contribution in [1.82, 2.24) is 5.32 Å². The molecule has 0 heterocycles. The third kappa shape index (κ3) is 4.36. The second-order valence-corrected chi connectivity index (χ2v) is 4.81. The maximum atomic E-state index is 12.9. The van der Waals surface area contributed by atoms with E-state index in [9.17, 15) is 9.18 Å². The lowest BCUT2D eigenvalue weighted by Crippen LogP contribution is -2.28. The monoisotopic (exact) mass is 323 g/mol. The number of amides is 1. The fraction of sp³-hybridized carbons (Fsp3) is 0.188. The van der Waals surface area contributed by atoms with Crippen LogP contribution in [-0.2, 0) is 0 Å². The van der Waals surface area contributed by atoms with Gasteiger partial charge in [0, 0.05) is 6.07 Å². The quantitative estimate of drug-likeness (QED) is 0.830. The molecule has 0 saturated heterocycles. The van der Waals surface area contributed by atoms with Crippen LogP contribution in [0.5, 0.6) is 11.5 Å². The average Bonchev–Trinajstić information content (AvgIpc) is 2.51. The highest BCUT2D eigenvalue weighted by molar-refractivity contribution is 6.33. The SMILES string of the molecule is COc1cccc(OCCNC(=O)c2ccc(F)cc2Cl)c1. The molecule has 0 aliphatic heterocycles. The summed E-state index contributed by atoms with van der Waals surface area (Å²) in [5, 5.41) is 2.73. The van der Waals surface area contributed by atoms with Gasteiger partial charge in [-0.15, -0.1) is 0 Å². The Bertz CT molecular complexity index is 664. The molecule has 116 valence electrons. The summed E-state index contributed by atoms with van der Waals surface area (Å²) in [6, 6.07) is 10.8. The van der Waals surface area contributed by atoms with Crippen LogP contribution in [0.2, 0.25) is 5.02 Å². The Labute approximate surface area is 132 Å². The van der Waals surface area contributed by atoms with E-state index in [-0.39, 0.29) is 23.1 Å². The summed E-state index contributed by atoms with van der Waals surface area (Å²) in [4.78, 5) is 11.9. The lowest BCUT2D eigenvalue weighted by atomic mass is 10.2. The van der Waals surface area contributed by atoms with Crippen LogP contribution >= 0.6 is 11.6 Å². The molecule has 2 aromatic rings. The van der Waals surface area contributed by atoms with Crippen molar-refractivity contribution in [2.75, 3.05) is 20.3 Å². The molecule has 0 atom stereocenters. The molecule has 22 heavy (non-hydrogen) atoms. The van der Waals surface area contributed by atoms with Gasteiger partial charge < -0.3 is 14.8 Å². The Morgan fingerprint density at radius 2 is 2.00 bits per heavy atom. The van der Waals surface area contributed by atoms with E-state index in [4.69, 9.17) is 21.1 Å². The van der Waals surface area contributed by atoms with E-state index in [2.05, 4.69) is 5.32 Å². The molecule has 4 nitrogen and oxygen atoms in total. The van der Waals surface area contributed by atoms with Gasteiger partial charge in [-0.1, -0.05) is 17.7 Å². The molecule has 0 radical (unpaired) electrons. The van der Waals surface area contributed by atoms with Gasteiger partial charge in [0.05, 0.1) is 24.2 Å². The molecule has 0 saturated carbocycles. The molecular formula is C16H15ClFNO3. The normalized spacial score (nSPS) is 10.1. The molecule has 0 spiro atoms. The van der Waals surface area contributed by atoms with Gasteiger partial charge >= 0.3 is 0 Å². The first-order chi connectivity index (χ1) is 10.6. The van der Waals surface area contributed by atoms with E-state index >= 15 is 0 Å². The molecular weight excluding hydrogens is 309 g/mol. The van der Waals surface area contributed by atoms with Crippen LogP contribution in [0.4, 0.5) is 4.39 Å². The molecule has 0 aliphatic carbocycles. The van der Waals surface area contributed by atoms with Gasteiger partial charge in [0.2, 0.25) is 0 Å². The van der Waals surface area contributed by atoms with Crippen LogP contribution in [0.3, 0.4) is 0 Å². The lowest BCUT2D eigenvalue weighted by Gasteiger charge is -2.09. The Morgan fingerprint density at radius 3 is 2.73 bits per heavy atom. The molecule has 0 aliphatic rings. The summed E-state index contributed by atoms with van der Waals surface area (Å²) < 4.78 is 23.5. The van der Waals surface area contributed by atoms with Crippen LogP contribution in [-0.4, -0.2) is 26.2 Å². The zero-order valence-corrected chi connectivity index (χ0v) is 12.7. The number of hydrogen-bond donors (Lipinski definition) is 1. The molecule has 2 aromatic carbocycles.